The summed E-state index contributed by atoms with van der Waals surface area (Å²) < 4.78 is 46.6. The second-order valence-corrected chi connectivity index (χ2v) is 9.04. The minimum absolute atomic E-state index is 0.0829. The number of amides is 1. The lowest BCUT2D eigenvalue weighted by Gasteiger charge is -2.20. The van der Waals surface area contributed by atoms with Crippen LogP contribution in [0.15, 0.2) is 77.7 Å². The fourth-order valence-corrected chi connectivity index (χ4v) is 4.16. The van der Waals surface area contributed by atoms with Crippen molar-refractivity contribution in [3.8, 4) is 5.75 Å². The Morgan fingerprint density at radius 1 is 1.00 bits per heavy atom. The van der Waals surface area contributed by atoms with Crippen LogP contribution in [0, 0.1) is 5.82 Å². The molecule has 0 radical (unpaired) electrons. The first-order valence-electron chi connectivity index (χ1n) is 9.60. The second-order valence-electron chi connectivity index (χ2n) is 7.07. The fraction of sp³-hybridized carbons (Fsp3) is 0.174. The van der Waals surface area contributed by atoms with Crippen molar-refractivity contribution in [3.63, 3.8) is 0 Å². The van der Waals surface area contributed by atoms with E-state index in [2.05, 4.69) is 5.32 Å². The Morgan fingerprint density at radius 3 is 2.39 bits per heavy atom. The van der Waals surface area contributed by atoms with Crippen LogP contribution in [0.4, 0.5) is 15.8 Å². The second kappa shape index (κ2) is 9.18. The number of carbonyl (C=O) groups excluding carboxylic acids is 1. The first-order chi connectivity index (χ1) is 14.7. The number of hydrogen-bond acceptors (Lipinski definition) is 4. The fourth-order valence-electron chi connectivity index (χ4n) is 2.91. The van der Waals surface area contributed by atoms with Gasteiger partial charge in [-0.05, 0) is 56.3 Å². The molecule has 0 saturated heterocycles. The molecule has 8 heteroatoms. The summed E-state index contributed by atoms with van der Waals surface area (Å²) in [5.41, 5.74) is 0.525. The van der Waals surface area contributed by atoms with Crippen LogP contribution in [-0.2, 0) is 10.0 Å². The van der Waals surface area contributed by atoms with Crippen molar-refractivity contribution in [1.29, 1.82) is 0 Å². The molecule has 0 bridgehead atoms. The van der Waals surface area contributed by atoms with E-state index in [9.17, 15) is 17.6 Å². The van der Waals surface area contributed by atoms with Crippen molar-refractivity contribution in [3.05, 3.63) is 84.2 Å². The molecule has 0 spiro atoms. The Hall–Kier alpha value is -3.39. The van der Waals surface area contributed by atoms with E-state index in [0.717, 1.165) is 4.31 Å². The maximum atomic E-state index is 14.1. The summed E-state index contributed by atoms with van der Waals surface area (Å²) in [6, 6.07) is 18.1. The van der Waals surface area contributed by atoms with E-state index in [1.807, 2.05) is 13.8 Å². The van der Waals surface area contributed by atoms with E-state index in [4.69, 9.17) is 4.74 Å². The van der Waals surface area contributed by atoms with Crippen molar-refractivity contribution < 1.29 is 22.3 Å². The lowest BCUT2D eigenvalue weighted by molar-refractivity contribution is 0.102. The van der Waals surface area contributed by atoms with Gasteiger partial charge in [0.25, 0.3) is 15.9 Å². The Labute approximate surface area is 181 Å². The SMILES string of the molecule is CC(C)Oc1ccccc1NC(=O)c1cccc(S(=O)(=O)N(C)c2ccccc2F)c1. The third-order valence-electron chi connectivity index (χ3n) is 4.44. The molecule has 0 atom stereocenters. The molecule has 31 heavy (non-hydrogen) atoms. The van der Waals surface area contributed by atoms with E-state index in [1.54, 1.807) is 30.3 Å². The molecule has 0 fully saturated rings. The van der Waals surface area contributed by atoms with Crippen LogP contribution in [0.3, 0.4) is 0 Å². The normalized spacial score (nSPS) is 11.3. The van der Waals surface area contributed by atoms with Gasteiger partial charge in [-0.2, -0.15) is 0 Å². The highest BCUT2D eigenvalue weighted by atomic mass is 32.2. The number of nitrogens with zero attached hydrogens (tertiary/aromatic N) is 1. The lowest BCUT2D eigenvalue weighted by atomic mass is 10.2. The highest BCUT2D eigenvalue weighted by molar-refractivity contribution is 7.92. The molecule has 3 aromatic carbocycles. The molecule has 0 aliphatic heterocycles. The lowest BCUT2D eigenvalue weighted by Crippen LogP contribution is -2.27. The summed E-state index contributed by atoms with van der Waals surface area (Å²) in [4.78, 5) is 12.7. The van der Waals surface area contributed by atoms with Gasteiger partial charge in [-0.3, -0.25) is 9.10 Å². The van der Waals surface area contributed by atoms with Crippen molar-refractivity contribution in [2.45, 2.75) is 24.8 Å². The first kappa shape index (κ1) is 22.3. The topological polar surface area (TPSA) is 75.7 Å². The first-order valence-corrected chi connectivity index (χ1v) is 11.0. The number of hydrogen-bond donors (Lipinski definition) is 1. The van der Waals surface area contributed by atoms with Crippen LogP contribution in [0.5, 0.6) is 5.75 Å². The van der Waals surface area contributed by atoms with Gasteiger partial charge in [-0.1, -0.05) is 30.3 Å². The molecule has 0 aliphatic carbocycles. The standard InChI is InChI=1S/C23H23FN2O4S/c1-16(2)30-22-14-7-5-12-20(22)25-23(27)17-9-8-10-18(15-17)31(28,29)26(3)21-13-6-4-11-19(21)24/h4-16H,1-3H3,(H,25,27). The summed E-state index contributed by atoms with van der Waals surface area (Å²) in [5, 5.41) is 2.75. The number of sulfonamides is 1. The van der Waals surface area contributed by atoms with Gasteiger partial charge < -0.3 is 10.1 Å². The van der Waals surface area contributed by atoms with Gasteiger partial charge in [0.1, 0.15) is 11.6 Å². The van der Waals surface area contributed by atoms with E-state index in [-0.39, 0.29) is 22.3 Å². The molecule has 3 aromatic rings. The molecule has 0 unspecified atom stereocenters. The molecule has 0 saturated carbocycles. The highest BCUT2D eigenvalue weighted by Gasteiger charge is 2.24. The number of nitrogens with one attached hydrogen (secondary N) is 1. The zero-order chi connectivity index (χ0) is 22.6. The third kappa shape index (κ3) is 5.03. The Morgan fingerprint density at radius 2 is 1.68 bits per heavy atom. The van der Waals surface area contributed by atoms with Crippen LogP contribution in [0.25, 0.3) is 0 Å². The Balaban J connectivity index is 1.88. The number of anilines is 2. The molecule has 1 N–H and O–H groups in total. The number of benzene rings is 3. The summed E-state index contributed by atoms with van der Waals surface area (Å²) in [7, 11) is -2.81. The smallest absolute Gasteiger partial charge is 0.264 e. The van der Waals surface area contributed by atoms with Crippen molar-refractivity contribution in [2.75, 3.05) is 16.7 Å². The van der Waals surface area contributed by atoms with Crippen LogP contribution in [0.1, 0.15) is 24.2 Å². The van der Waals surface area contributed by atoms with Crippen molar-refractivity contribution >= 4 is 27.3 Å². The number of carbonyl (C=O) groups is 1. The van der Waals surface area contributed by atoms with Gasteiger partial charge >= 0.3 is 0 Å². The maximum Gasteiger partial charge on any atom is 0.264 e. The molecular formula is C23H23FN2O4S. The number of halogens is 1. The molecular weight excluding hydrogens is 419 g/mol. The van der Waals surface area contributed by atoms with Crippen molar-refractivity contribution in [1.82, 2.24) is 0 Å². The highest BCUT2D eigenvalue weighted by Crippen LogP contribution is 2.27. The van der Waals surface area contributed by atoms with E-state index >= 15 is 0 Å². The largest absolute Gasteiger partial charge is 0.489 e. The molecule has 1 amide bonds. The number of rotatable bonds is 7. The summed E-state index contributed by atoms with van der Waals surface area (Å²) in [6.07, 6.45) is -0.0829. The van der Waals surface area contributed by atoms with Gasteiger partial charge in [0.2, 0.25) is 0 Å². The molecule has 162 valence electrons. The maximum absolute atomic E-state index is 14.1. The predicted molar refractivity (Wildman–Crippen MR) is 119 cm³/mol. The average Bonchev–Trinajstić information content (AvgIpc) is 2.74. The van der Waals surface area contributed by atoms with Crippen molar-refractivity contribution in [2.24, 2.45) is 0 Å². The Kier molecular flexibility index (Phi) is 6.60. The summed E-state index contributed by atoms with van der Waals surface area (Å²) >= 11 is 0. The van der Waals surface area contributed by atoms with E-state index < -0.39 is 21.7 Å². The van der Waals surface area contributed by atoms with Gasteiger partial charge in [0.15, 0.2) is 0 Å². The Bertz CT molecular complexity index is 1200. The van der Waals surface area contributed by atoms with Crippen LogP contribution in [0.2, 0.25) is 0 Å². The van der Waals surface area contributed by atoms with E-state index in [1.165, 1.54) is 49.5 Å². The molecule has 3 rings (SSSR count). The number of para-hydroxylation sites is 3. The molecule has 0 heterocycles. The van der Waals surface area contributed by atoms with E-state index in [0.29, 0.717) is 11.4 Å². The predicted octanol–water partition coefficient (Wildman–Crippen LogP) is 4.69. The zero-order valence-corrected chi connectivity index (χ0v) is 18.2. The van der Waals surface area contributed by atoms with Gasteiger partial charge in [-0.25, -0.2) is 12.8 Å². The number of ether oxygens (including phenoxy) is 1. The average molecular weight is 443 g/mol. The molecule has 6 nitrogen and oxygen atoms in total. The monoisotopic (exact) mass is 442 g/mol. The summed E-state index contributed by atoms with van der Waals surface area (Å²) in [5.74, 6) is -0.649. The minimum Gasteiger partial charge on any atom is -0.489 e. The minimum atomic E-state index is -4.08. The zero-order valence-electron chi connectivity index (χ0n) is 17.4. The van der Waals surface area contributed by atoms with Gasteiger partial charge in [-0.15, -0.1) is 0 Å². The van der Waals surface area contributed by atoms with Crippen LogP contribution in [-0.4, -0.2) is 27.5 Å². The third-order valence-corrected chi connectivity index (χ3v) is 6.21. The summed E-state index contributed by atoms with van der Waals surface area (Å²) in [6.45, 7) is 3.75. The van der Waals surface area contributed by atoms with Gasteiger partial charge in [0.05, 0.1) is 22.4 Å². The van der Waals surface area contributed by atoms with Gasteiger partial charge in [0, 0.05) is 12.6 Å². The quantitative estimate of drug-likeness (QED) is 0.576. The van der Waals surface area contributed by atoms with Crippen LogP contribution < -0.4 is 14.4 Å². The molecule has 0 aliphatic rings. The van der Waals surface area contributed by atoms with Crippen LogP contribution >= 0.6 is 0 Å². The molecule has 0 aromatic heterocycles.